The number of nitrogens with one attached hydrogen (secondary N) is 2. The number of ketones is 1. The number of hydrogen-bond donors (Lipinski definition) is 2. The minimum atomic E-state index is -0.524. The number of benzene rings is 1. The van der Waals surface area contributed by atoms with Gasteiger partial charge in [-0.3, -0.25) is 14.9 Å². The van der Waals surface area contributed by atoms with Crippen molar-refractivity contribution in [3.8, 4) is 0 Å². The van der Waals surface area contributed by atoms with Crippen LogP contribution < -0.4 is 10.6 Å². The maximum absolute atomic E-state index is 11.2. The summed E-state index contributed by atoms with van der Waals surface area (Å²) in [6.45, 7) is 1.49. The number of Topliss-reactive ketones (excluding diaryl/α,β-unsaturated/α-hetero) is 1. The van der Waals surface area contributed by atoms with Crippen LogP contribution in [0.1, 0.15) is 17.3 Å². The number of rotatable bonds is 4. The smallest absolute Gasteiger partial charge is 0.287 e. The van der Waals surface area contributed by atoms with Gasteiger partial charge in [0.05, 0.1) is 4.92 Å². The molecule has 1 heterocycles. The van der Waals surface area contributed by atoms with Gasteiger partial charge in [-0.05, 0) is 49.5 Å². The van der Waals surface area contributed by atoms with E-state index in [4.69, 9.17) is 12.2 Å². The van der Waals surface area contributed by atoms with Gasteiger partial charge in [0.2, 0.25) is 0 Å². The van der Waals surface area contributed by atoms with Gasteiger partial charge in [0.25, 0.3) is 5.69 Å². The molecular formula is C14H12N4O3S. The number of carbonyl (C=O) groups excluding carboxylic acids is 1. The fourth-order valence-electron chi connectivity index (χ4n) is 1.63. The molecule has 1 aromatic heterocycles. The van der Waals surface area contributed by atoms with E-state index in [1.54, 1.807) is 24.3 Å². The molecule has 2 aromatic rings. The Bertz CT molecular complexity index is 652. The first-order chi connectivity index (χ1) is 10.5. The van der Waals surface area contributed by atoms with Crippen LogP contribution in [0.2, 0.25) is 0 Å². The first kappa shape index (κ1) is 15.5. The minimum Gasteiger partial charge on any atom is -0.332 e. The third-order valence-corrected chi connectivity index (χ3v) is 2.95. The zero-order valence-corrected chi connectivity index (χ0v) is 12.4. The van der Waals surface area contributed by atoms with Crippen molar-refractivity contribution in [3.63, 3.8) is 0 Å². The number of nitrogens with zero attached hydrogens (tertiary/aromatic N) is 2. The van der Waals surface area contributed by atoms with Gasteiger partial charge in [0, 0.05) is 17.3 Å². The molecule has 0 saturated heterocycles. The molecule has 0 bridgehead atoms. The highest BCUT2D eigenvalue weighted by atomic mass is 32.1. The molecule has 0 spiro atoms. The van der Waals surface area contributed by atoms with Crippen molar-refractivity contribution in [1.29, 1.82) is 0 Å². The summed E-state index contributed by atoms with van der Waals surface area (Å²) >= 11 is 5.12. The van der Waals surface area contributed by atoms with E-state index in [2.05, 4.69) is 15.6 Å². The molecule has 0 unspecified atom stereocenters. The van der Waals surface area contributed by atoms with Gasteiger partial charge < -0.3 is 10.6 Å². The van der Waals surface area contributed by atoms with Gasteiger partial charge in [0.1, 0.15) is 12.0 Å². The Balaban J connectivity index is 1.97. The fourth-order valence-corrected chi connectivity index (χ4v) is 1.86. The van der Waals surface area contributed by atoms with Crippen molar-refractivity contribution in [2.45, 2.75) is 6.92 Å². The van der Waals surface area contributed by atoms with Gasteiger partial charge in [-0.15, -0.1) is 0 Å². The second-order valence-corrected chi connectivity index (χ2v) is 4.78. The largest absolute Gasteiger partial charge is 0.332 e. The van der Waals surface area contributed by atoms with Crippen LogP contribution in [-0.2, 0) is 0 Å². The summed E-state index contributed by atoms with van der Waals surface area (Å²) < 4.78 is 0. The molecule has 7 nitrogen and oxygen atoms in total. The number of pyridine rings is 1. The van der Waals surface area contributed by atoms with E-state index < -0.39 is 4.92 Å². The summed E-state index contributed by atoms with van der Waals surface area (Å²) in [5.74, 6) is 0.380. The zero-order chi connectivity index (χ0) is 16.1. The third kappa shape index (κ3) is 4.06. The molecular weight excluding hydrogens is 304 g/mol. The Kier molecular flexibility index (Phi) is 4.74. The normalized spacial score (nSPS) is 9.86. The average Bonchev–Trinajstić information content (AvgIpc) is 2.48. The topological polar surface area (TPSA) is 97.2 Å². The first-order valence-corrected chi connectivity index (χ1v) is 6.66. The molecule has 0 saturated carbocycles. The number of aromatic nitrogens is 1. The van der Waals surface area contributed by atoms with Crippen LogP contribution >= 0.6 is 12.2 Å². The molecule has 22 heavy (non-hydrogen) atoms. The van der Waals surface area contributed by atoms with Gasteiger partial charge in [-0.25, -0.2) is 4.98 Å². The maximum atomic E-state index is 11.2. The quantitative estimate of drug-likeness (QED) is 0.387. The van der Waals surface area contributed by atoms with E-state index in [0.717, 1.165) is 6.20 Å². The highest BCUT2D eigenvalue weighted by Crippen LogP contribution is 2.13. The Morgan fingerprint density at radius 3 is 2.36 bits per heavy atom. The van der Waals surface area contributed by atoms with Gasteiger partial charge >= 0.3 is 0 Å². The van der Waals surface area contributed by atoms with E-state index in [1.165, 1.54) is 19.1 Å². The summed E-state index contributed by atoms with van der Waals surface area (Å²) in [5.41, 5.74) is 1.23. The first-order valence-electron chi connectivity index (χ1n) is 6.25. The van der Waals surface area contributed by atoms with Crippen LogP contribution in [0.3, 0.4) is 0 Å². The van der Waals surface area contributed by atoms with Crippen molar-refractivity contribution < 1.29 is 9.72 Å². The molecule has 0 atom stereocenters. The fraction of sp³-hybridized carbons (Fsp3) is 0.0714. The van der Waals surface area contributed by atoms with E-state index in [9.17, 15) is 14.9 Å². The Morgan fingerprint density at radius 2 is 1.86 bits per heavy atom. The number of hydrogen-bond acceptors (Lipinski definition) is 5. The summed E-state index contributed by atoms with van der Waals surface area (Å²) in [6.07, 6.45) is 1.15. The van der Waals surface area contributed by atoms with Crippen LogP contribution in [0.4, 0.5) is 17.2 Å². The number of nitro groups is 1. The monoisotopic (exact) mass is 316 g/mol. The van der Waals surface area contributed by atoms with Crippen molar-refractivity contribution in [1.82, 2.24) is 4.98 Å². The maximum Gasteiger partial charge on any atom is 0.287 e. The molecule has 2 rings (SSSR count). The third-order valence-electron chi connectivity index (χ3n) is 2.75. The molecule has 0 aliphatic carbocycles. The second kappa shape index (κ2) is 6.72. The van der Waals surface area contributed by atoms with Crippen LogP contribution in [0, 0.1) is 10.1 Å². The van der Waals surface area contributed by atoms with Crippen LogP contribution in [0.5, 0.6) is 0 Å². The molecule has 0 radical (unpaired) electrons. The molecule has 2 N–H and O–H groups in total. The Labute approximate surface area is 131 Å². The lowest BCUT2D eigenvalue weighted by Gasteiger charge is -2.10. The van der Waals surface area contributed by atoms with Crippen molar-refractivity contribution in [2.75, 3.05) is 10.6 Å². The molecule has 0 fully saturated rings. The predicted molar refractivity (Wildman–Crippen MR) is 87.2 cm³/mol. The second-order valence-electron chi connectivity index (χ2n) is 4.37. The lowest BCUT2D eigenvalue weighted by Crippen LogP contribution is -2.19. The van der Waals surface area contributed by atoms with Crippen LogP contribution in [-0.4, -0.2) is 20.8 Å². The molecule has 0 aliphatic rings. The molecule has 0 amide bonds. The SMILES string of the molecule is CC(=O)c1ccc(NC(=S)Nc2ccc([N+](=O)[O-])cn2)cc1. The molecule has 8 heteroatoms. The number of thiocarbonyl (C=S) groups is 1. The van der Waals surface area contributed by atoms with Crippen LogP contribution in [0.15, 0.2) is 42.6 Å². The zero-order valence-electron chi connectivity index (χ0n) is 11.6. The highest BCUT2D eigenvalue weighted by molar-refractivity contribution is 7.80. The number of anilines is 2. The van der Waals surface area contributed by atoms with Crippen molar-refractivity contribution in [3.05, 3.63) is 58.3 Å². The van der Waals surface area contributed by atoms with E-state index in [0.29, 0.717) is 17.1 Å². The average molecular weight is 316 g/mol. The van der Waals surface area contributed by atoms with Crippen LogP contribution in [0.25, 0.3) is 0 Å². The summed E-state index contributed by atoms with van der Waals surface area (Å²) in [5, 5.41) is 16.6. The van der Waals surface area contributed by atoms with Crippen molar-refractivity contribution >= 4 is 40.3 Å². The van der Waals surface area contributed by atoms with E-state index in [-0.39, 0.29) is 16.6 Å². The van der Waals surface area contributed by atoms with Crippen molar-refractivity contribution in [2.24, 2.45) is 0 Å². The van der Waals surface area contributed by atoms with E-state index >= 15 is 0 Å². The molecule has 112 valence electrons. The lowest BCUT2D eigenvalue weighted by atomic mass is 10.1. The summed E-state index contributed by atoms with van der Waals surface area (Å²) in [7, 11) is 0. The highest BCUT2D eigenvalue weighted by Gasteiger charge is 2.06. The molecule has 0 aliphatic heterocycles. The standard InChI is InChI=1S/C14H12N4O3S/c1-9(19)10-2-4-11(5-3-10)16-14(22)17-13-7-6-12(8-15-13)18(20)21/h2-8H,1H3,(H2,15,16,17,22). The minimum absolute atomic E-state index is 0.0117. The number of carbonyl (C=O) groups is 1. The van der Waals surface area contributed by atoms with E-state index in [1.807, 2.05) is 0 Å². The Morgan fingerprint density at radius 1 is 1.18 bits per heavy atom. The van der Waals surface area contributed by atoms with Gasteiger partial charge in [0.15, 0.2) is 10.9 Å². The van der Waals surface area contributed by atoms with Gasteiger partial charge in [-0.1, -0.05) is 0 Å². The predicted octanol–water partition coefficient (Wildman–Crippen LogP) is 3.00. The summed E-state index contributed by atoms with van der Waals surface area (Å²) in [6, 6.07) is 9.64. The summed E-state index contributed by atoms with van der Waals surface area (Å²) in [4.78, 5) is 25.1. The Hall–Kier alpha value is -2.87. The molecule has 1 aromatic carbocycles. The lowest BCUT2D eigenvalue weighted by molar-refractivity contribution is -0.385. The van der Waals surface area contributed by atoms with Gasteiger partial charge in [-0.2, -0.15) is 0 Å².